The largest absolute Gasteiger partial charge is 0.453 e. The van der Waals surface area contributed by atoms with E-state index < -0.39 is 5.60 Å². The summed E-state index contributed by atoms with van der Waals surface area (Å²) < 4.78 is 16.4. The summed E-state index contributed by atoms with van der Waals surface area (Å²) in [5.41, 5.74) is -0.188. The van der Waals surface area contributed by atoms with E-state index in [1.807, 2.05) is 0 Å². The molecule has 1 aromatic carbocycles. The third-order valence-corrected chi connectivity index (χ3v) is 4.04. The summed E-state index contributed by atoms with van der Waals surface area (Å²) in [6, 6.07) is 7.00. The molecule has 1 aromatic heterocycles. The van der Waals surface area contributed by atoms with Gasteiger partial charge in [-0.3, -0.25) is 4.79 Å². The number of furan rings is 1. The van der Waals surface area contributed by atoms with Crippen LogP contribution in [0.15, 0.2) is 28.7 Å². The van der Waals surface area contributed by atoms with E-state index in [0.29, 0.717) is 42.4 Å². The molecular weight excluding hydrogens is 280 g/mol. The van der Waals surface area contributed by atoms with Crippen molar-refractivity contribution in [2.45, 2.75) is 18.4 Å². The summed E-state index contributed by atoms with van der Waals surface area (Å²) in [5, 5.41) is 1.43. The molecule has 2 aromatic rings. The highest BCUT2D eigenvalue weighted by atomic mass is 35.5. The van der Waals surface area contributed by atoms with Crippen LogP contribution in [-0.4, -0.2) is 31.7 Å². The molecule has 0 aliphatic carbocycles. The van der Waals surface area contributed by atoms with Gasteiger partial charge >= 0.3 is 0 Å². The van der Waals surface area contributed by atoms with Gasteiger partial charge in [0.2, 0.25) is 5.78 Å². The van der Waals surface area contributed by atoms with Crippen LogP contribution in [0.5, 0.6) is 0 Å². The van der Waals surface area contributed by atoms with E-state index in [2.05, 4.69) is 0 Å². The van der Waals surface area contributed by atoms with Gasteiger partial charge in [0.15, 0.2) is 5.76 Å². The number of ketones is 1. The Balaban J connectivity index is 1.98. The van der Waals surface area contributed by atoms with Gasteiger partial charge in [-0.05, 0) is 24.3 Å². The minimum atomic E-state index is -0.837. The minimum absolute atomic E-state index is 0.129. The number of hydrogen-bond donors (Lipinski definition) is 0. The second kappa shape index (κ2) is 5.20. The van der Waals surface area contributed by atoms with Crippen LogP contribution in [0.2, 0.25) is 5.02 Å². The summed E-state index contributed by atoms with van der Waals surface area (Å²) in [7, 11) is 1.56. The van der Waals surface area contributed by atoms with E-state index >= 15 is 0 Å². The molecule has 0 bridgehead atoms. The fraction of sp³-hybridized carbons (Fsp3) is 0.400. The minimum Gasteiger partial charge on any atom is -0.453 e. The highest BCUT2D eigenvalue weighted by Crippen LogP contribution is 2.31. The first-order chi connectivity index (χ1) is 9.64. The third kappa shape index (κ3) is 2.24. The van der Waals surface area contributed by atoms with E-state index in [1.165, 1.54) is 0 Å². The maximum Gasteiger partial charge on any atom is 0.229 e. The monoisotopic (exact) mass is 294 g/mol. The molecule has 0 N–H and O–H groups in total. The van der Waals surface area contributed by atoms with Gasteiger partial charge in [0.1, 0.15) is 11.2 Å². The molecule has 1 fully saturated rings. The van der Waals surface area contributed by atoms with Crippen LogP contribution in [0.1, 0.15) is 23.4 Å². The first-order valence-corrected chi connectivity index (χ1v) is 6.89. The van der Waals surface area contributed by atoms with Crippen molar-refractivity contribution >= 4 is 28.4 Å². The predicted molar refractivity (Wildman–Crippen MR) is 75.3 cm³/mol. The van der Waals surface area contributed by atoms with Crippen LogP contribution in [0.25, 0.3) is 11.0 Å². The maximum atomic E-state index is 12.7. The fourth-order valence-corrected chi connectivity index (χ4v) is 2.76. The van der Waals surface area contributed by atoms with Crippen LogP contribution in [0.3, 0.4) is 0 Å². The van der Waals surface area contributed by atoms with Gasteiger partial charge in [-0.25, -0.2) is 0 Å². The number of hydrogen-bond acceptors (Lipinski definition) is 4. The zero-order valence-corrected chi connectivity index (χ0v) is 11.9. The van der Waals surface area contributed by atoms with Crippen LogP contribution >= 0.6 is 11.6 Å². The van der Waals surface area contributed by atoms with E-state index in [0.717, 1.165) is 5.39 Å². The number of fused-ring (bicyclic) bond motifs is 1. The van der Waals surface area contributed by atoms with Crippen molar-refractivity contribution in [3.8, 4) is 0 Å². The molecular formula is C15H15ClO4. The standard InChI is InChI=1S/C15H15ClO4/c1-18-15(4-6-19-7-5-15)14(17)13-9-10-8-11(16)2-3-12(10)20-13/h2-3,8-9H,4-7H2,1H3. The molecule has 0 spiro atoms. The lowest BCUT2D eigenvalue weighted by Crippen LogP contribution is -2.45. The predicted octanol–water partition coefficient (Wildman–Crippen LogP) is 3.46. The average molecular weight is 295 g/mol. The van der Waals surface area contributed by atoms with E-state index in [4.69, 9.17) is 25.5 Å². The van der Waals surface area contributed by atoms with Crippen molar-refractivity contribution in [2.75, 3.05) is 20.3 Å². The number of ether oxygens (including phenoxy) is 2. The number of carbonyl (C=O) groups is 1. The van der Waals surface area contributed by atoms with Crippen LogP contribution < -0.4 is 0 Å². The summed E-state index contributed by atoms with van der Waals surface area (Å²) in [6.45, 7) is 1.04. The number of carbonyl (C=O) groups excluding carboxylic acids is 1. The number of benzene rings is 1. The van der Waals surface area contributed by atoms with Crippen molar-refractivity contribution in [1.29, 1.82) is 0 Å². The molecule has 2 heterocycles. The molecule has 1 saturated heterocycles. The van der Waals surface area contributed by atoms with Gasteiger partial charge in [-0.1, -0.05) is 11.6 Å². The quantitative estimate of drug-likeness (QED) is 0.813. The second-order valence-electron chi connectivity index (χ2n) is 4.93. The highest BCUT2D eigenvalue weighted by molar-refractivity contribution is 6.31. The summed E-state index contributed by atoms with van der Waals surface area (Å²) in [5.74, 6) is 0.182. The van der Waals surface area contributed by atoms with Crippen molar-refractivity contribution in [3.05, 3.63) is 35.0 Å². The lowest BCUT2D eigenvalue weighted by Gasteiger charge is -2.33. The summed E-state index contributed by atoms with van der Waals surface area (Å²) in [4.78, 5) is 12.7. The lowest BCUT2D eigenvalue weighted by atomic mass is 9.88. The number of rotatable bonds is 3. The molecule has 4 nitrogen and oxygen atoms in total. The van der Waals surface area contributed by atoms with E-state index in [1.54, 1.807) is 31.4 Å². The van der Waals surface area contributed by atoms with Crippen molar-refractivity contribution < 1.29 is 18.7 Å². The molecule has 0 saturated carbocycles. The smallest absolute Gasteiger partial charge is 0.229 e. The second-order valence-corrected chi connectivity index (χ2v) is 5.37. The Labute approximate surface area is 121 Å². The summed E-state index contributed by atoms with van der Waals surface area (Å²) >= 11 is 5.94. The van der Waals surface area contributed by atoms with Crippen molar-refractivity contribution in [1.82, 2.24) is 0 Å². The first kappa shape index (κ1) is 13.6. The average Bonchev–Trinajstić information content (AvgIpc) is 2.90. The zero-order valence-electron chi connectivity index (χ0n) is 11.1. The van der Waals surface area contributed by atoms with Gasteiger partial charge in [-0.15, -0.1) is 0 Å². The number of Topliss-reactive ketones (excluding diaryl/α,β-unsaturated/α-hetero) is 1. The number of methoxy groups -OCH3 is 1. The van der Waals surface area contributed by atoms with Crippen LogP contribution in [0, 0.1) is 0 Å². The molecule has 5 heteroatoms. The van der Waals surface area contributed by atoms with Gasteiger partial charge in [0.25, 0.3) is 0 Å². The maximum absolute atomic E-state index is 12.7. The van der Waals surface area contributed by atoms with Gasteiger partial charge in [-0.2, -0.15) is 0 Å². The van der Waals surface area contributed by atoms with Crippen molar-refractivity contribution in [3.63, 3.8) is 0 Å². The molecule has 0 atom stereocenters. The van der Waals surface area contributed by atoms with Gasteiger partial charge < -0.3 is 13.9 Å². The Morgan fingerprint density at radius 2 is 2.05 bits per heavy atom. The molecule has 0 unspecified atom stereocenters. The first-order valence-electron chi connectivity index (χ1n) is 6.51. The Morgan fingerprint density at radius 1 is 1.30 bits per heavy atom. The Morgan fingerprint density at radius 3 is 2.75 bits per heavy atom. The van der Waals surface area contributed by atoms with Crippen LogP contribution in [0.4, 0.5) is 0 Å². The van der Waals surface area contributed by atoms with Crippen LogP contribution in [-0.2, 0) is 9.47 Å². The highest BCUT2D eigenvalue weighted by Gasteiger charge is 2.42. The molecule has 3 rings (SSSR count). The van der Waals surface area contributed by atoms with E-state index in [9.17, 15) is 4.79 Å². The zero-order chi connectivity index (χ0) is 14.2. The normalized spacial score (nSPS) is 18.3. The molecule has 1 aliphatic heterocycles. The lowest BCUT2D eigenvalue weighted by molar-refractivity contribution is -0.0673. The van der Waals surface area contributed by atoms with E-state index in [-0.39, 0.29) is 5.78 Å². The van der Waals surface area contributed by atoms with Gasteiger partial charge in [0, 0.05) is 43.6 Å². The molecule has 20 heavy (non-hydrogen) atoms. The molecule has 1 aliphatic rings. The third-order valence-electron chi connectivity index (χ3n) is 3.81. The molecule has 106 valence electrons. The Bertz CT molecular complexity index is 640. The molecule has 0 amide bonds. The Kier molecular flexibility index (Phi) is 3.54. The fourth-order valence-electron chi connectivity index (χ4n) is 2.58. The van der Waals surface area contributed by atoms with Gasteiger partial charge in [0.05, 0.1) is 0 Å². The Hall–Kier alpha value is -1.36. The molecule has 0 radical (unpaired) electrons. The SMILES string of the molecule is COC1(C(=O)c2cc3cc(Cl)ccc3o2)CCOCC1. The summed E-state index contributed by atoms with van der Waals surface area (Å²) in [6.07, 6.45) is 1.08. The van der Waals surface area contributed by atoms with Crippen molar-refractivity contribution in [2.24, 2.45) is 0 Å². The number of halogens is 1. The topological polar surface area (TPSA) is 48.7 Å².